The Morgan fingerprint density at radius 2 is 0.712 bits per heavy atom. The van der Waals surface area contributed by atoms with Crippen molar-refractivity contribution in [3.63, 3.8) is 0 Å². The molecule has 1 aliphatic heterocycles. The van der Waals surface area contributed by atoms with Gasteiger partial charge in [0, 0.05) is 22.8 Å². The third-order valence-electron chi connectivity index (χ3n) is 11.6. The average Bonchev–Trinajstić information content (AvgIpc) is 3.48. The molecule has 0 aliphatic carbocycles. The fraction of sp³-hybridized carbons (Fsp3) is 0.680. The Hall–Kier alpha value is -2.48. The summed E-state index contributed by atoms with van der Waals surface area (Å²) in [5.41, 5.74) is 27.7. The van der Waals surface area contributed by atoms with Crippen LogP contribution in [0.15, 0.2) is 35.9 Å². The summed E-state index contributed by atoms with van der Waals surface area (Å²) in [6, 6.07) is 9.98. The SMILES string of the molecule is CCCCCc1cc(C2=CC(CCCC)=C(c3cc(CCCCC)c(CCCCC)c(CCCCC)c3)[N+]2=[N-])cc(CCCCC)c1CCCCC. The summed E-state index contributed by atoms with van der Waals surface area (Å²) in [4.78, 5) is 0. The maximum absolute atomic E-state index is 12.4. The van der Waals surface area contributed by atoms with Gasteiger partial charge in [-0.1, -0.05) is 132 Å². The van der Waals surface area contributed by atoms with E-state index >= 15 is 0 Å². The van der Waals surface area contributed by atoms with Crippen molar-refractivity contribution in [2.24, 2.45) is 0 Å². The van der Waals surface area contributed by atoms with E-state index in [0.29, 0.717) is 0 Å². The second-order valence-corrected chi connectivity index (χ2v) is 16.1. The minimum absolute atomic E-state index is 0.988. The molecule has 0 bridgehead atoms. The number of allylic oxidation sites excluding steroid dienone is 2. The van der Waals surface area contributed by atoms with Crippen molar-refractivity contribution >= 4 is 11.4 Å². The first-order valence-electron chi connectivity index (χ1n) is 22.7. The quantitative estimate of drug-likeness (QED) is 0.0594. The molecule has 3 rings (SSSR count). The van der Waals surface area contributed by atoms with Gasteiger partial charge in [-0.2, -0.15) is 0 Å². The van der Waals surface area contributed by atoms with Crippen molar-refractivity contribution in [1.29, 1.82) is 0 Å². The van der Waals surface area contributed by atoms with Crippen LogP contribution >= 0.6 is 0 Å². The second-order valence-electron chi connectivity index (χ2n) is 16.1. The van der Waals surface area contributed by atoms with Crippen molar-refractivity contribution in [3.8, 4) is 0 Å². The van der Waals surface area contributed by atoms with Crippen molar-refractivity contribution in [2.45, 2.75) is 222 Å². The number of hydrogen-bond acceptors (Lipinski definition) is 0. The van der Waals surface area contributed by atoms with Crippen LogP contribution < -0.4 is 0 Å². The molecule has 0 N–H and O–H groups in total. The summed E-state index contributed by atoms with van der Waals surface area (Å²) in [7, 11) is 0. The lowest BCUT2D eigenvalue weighted by Gasteiger charge is -2.20. The number of aryl methyl sites for hydroxylation is 4. The largest absolute Gasteiger partial charge is 0.493 e. The Labute approximate surface area is 322 Å². The minimum Gasteiger partial charge on any atom is -0.493 e. The fourth-order valence-corrected chi connectivity index (χ4v) is 8.40. The molecule has 2 nitrogen and oxygen atoms in total. The smallest absolute Gasteiger partial charge is 0.210 e. The predicted molar refractivity (Wildman–Crippen MR) is 230 cm³/mol. The van der Waals surface area contributed by atoms with Crippen molar-refractivity contribution < 1.29 is 4.70 Å². The summed E-state index contributed by atoms with van der Waals surface area (Å²) < 4.78 is 1.63. The zero-order valence-electron chi connectivity index (χ0n) is 35.4. The molecule has 0 atom stereocenters. The van der Waals surface area contributed by atoms with E-state index < -0.39 is 0 Å². The third-order valence-corrected chi connectivity index (χ3v) is 11.6. The highest BCUT2D eigenvalue weighted by atomic mass is 15.2. The molecule has 0 aromatic heterocycles. The first kappa shape index (κ1) is 43.9. The van der Waals surface area contributed by atoms with Crippen molar-refractivity contribution in [2.75, 3.05) is 0 Å². The summed E-state index contributed by atoms with van der Waals surface area (Å²) in [5.74, 6) is 0. The standard InChI is InChI=1S/C50H80N2/c1-8-15-22-29-40-35-45(36-41(30-23-16-9-2)47(40)33-26-19-12-5)49-39-44(28-21-14-7)50(52(49)51)46-37-42(31-24-17-10-3)48(34-27-20-13-6)43(38-46)32-25-18-11-4/h35-39H,8-34H2,1-7H3. The molecule has 52 heavy (non-hydrogen) atoms. The lowest BCUT2D eigenvalue weighted by molar-refractivity contribution is -0.344. The van der Waals surface area contributed by atoms with Crippen LogP contribution in [0.5, 0.6) is 0 Å². The van der Waals surface area contributed by atoms with E-state index in [0.717, 1.165) is 56.3 Å². The molecule has 2 heteroatoms. The molecule has 0 radical (unpaired) electrons. The molecule has 2 aromatic carbocycles. The second kappa shape index (κ2) is 25.5. The molecule has 2 aromatic rings. The van der Waals surface area contributed by atoms with Gasteiger partial charge in [-0.05, 0) is 148 Å². The first-order valence-corrected chi connectivity index (χ1v) is 22.7. The van der Waals surface area contributed by atoms with Gasteiger partial charge in [0.2, 0.25) is 11.4 Å². The van der Waals surface area contributed by atoms with E-state index in [9.17, 15) is 5.53 Å². The van der Waals surface area contributed by atoms with Gasteiger partial charge in [0.25, 0.3) is 0 Å². The van der Waals surface area contributed by atoms with Crippen LogP contribution in [0, 0.1) is 0 Å². The molecular formula is C50H80N2. The van der Waals surface area contributed by atoms with Gasteiger partial charge in [0.05, 0.1) is 0 Å². The average molecular weight is 709 g/mol. The van der Waals surface area contributed by atoms with Crippen LogP contribution in [0.3, 0.4) is 0 Å². The van der Waals surface area contributed by atoms with E-state index in [1.54, 1.807) is 38.1 Å². The van der Waals surface area contributed by atoms with Gasteiger partial charge in [-0.3, -0.25) is 0 Å². The Bertz CT molecular complexity index is 1340. The van der Waals surface area contributed by atoms with Gasteiger partial charge < -0.3 is 5.53 Å². The van der Waals surface area contributed by atoms with Gasteiger partial charge in [0.1, 0.15) is 0 Å². The highest BCUT2D eigenvalue weighted by Crippen LogP contribution is 2.40. The molecule has 1 aliphatic rings. The van der Waals surface area contributed by atoms with Crippen molar-refractivity contribution in [1.82, 2.24) is 0 Å². The number of hydrogen-bond donors (Lipinski definition) is 0. The lowest BCUT2D eigenvalue weighted by atomic mass is 9.87. The van der Waals surface area contributed by atoms with Crippen LogP contribution in [-0.4, -0.2) is 4.70 Å². The molecule has 1 heterocycles. The van der Waals surface area contributed by atoms with E-state index in [2.05, 4.69) is 78.8 Å². The van der Waals surface area contributed by atoms with E-state index in [1.165, 1.54) is 145 Å². The third kappa shape index (κ3) is 13.4. The van der Waals surface area contributed by atoms with Crippen LogP contribution in [-0.2, 0) is 38.5 Å². The maximum atomic E-state index is 12.4. The highest BCUT2D eigenvalue weighted by molar-refractivity contribution is 5.79. The van der Waals surface area contributed by atoms with Crippen LogP contribution in [0.1, 0.15) is 228 Å². The normalized spacial score (nSPS) is 13.1. The summed E-state index contributed by atoms with van der Waals surface area (Å²) in [6.07, 6.45) is 35.4. The van der Waals surface area contributed by atoms with E-state index in [1.807, 2.05) is 0 Å². The van der Waals surface area contributed by atoms with Gasteiger partial charge in [-0.15, -0.1) is 0 Å². The Morgan fingerprint density at radius 1 is 0.385 bits per heavy atom. The van der Waals surface area contributed by atoms with E-state index in [-0.39, 0.29) is 0 Å². The Kier molecular flexibility index (Phi) is 21.6. The molecule has 0 spiro atoms. The van der Waals surface area contributed by atoms with Crippen LogP contribution in [0.2, 0.25) is 0 Å². The number of nitrogens with zero attached hydrogens (tertiary/aromatic N) is 2. The van der Waals surface area contributed by atoms with Crippen LogP contribution in [0.25, 0.3) is 16.9 Å². The summed E-state index contributed by atoms with van der Waals surface area (Å²) in [5, 5.41) is 0. The molecule has 0 fully saturated rings. The molecule has 290 valence electrons. The molecule has 0 saturated carbocycles. The maximum Gasteiger partial charge on any atom is 0.210 e. The van der Waals surface area contributed by atoms with Crippen LogP contribution in [0.4, 0.5) is 0 Å². The van der Waals surface area contributed by atoms with Crippen molar-refractivity contribution in [3.05, 3.63) is 86.0 Å². The molecule has 0 amide bonds. The summed E-state index contributed by atoms with van der Waals surface area (Å²) in [6.45, 7) is 16.2. The number of rotatable bonds is 29. The summed E-state index contributed by atoms with van der Waals surface area (Å²) >= 11 is 0. The van der Waals surface area contributed by atoms with Gasteiger partial charge in [-0.25, -0.2) is 4.70 Å². The predicted octanol–water partition coefficient (Wildman–Crippen LogP) is 16.1. The number of benzene rings is 2. The molecule has 0 saturated heterocycles. The molecule has 0 unspecified atom stereocenters. The highest BCUT2D eigenvalue weighted by Gasteiger charge is 2.31. The Morgan fingerprint density at radius 3 is 1.06 bits per heavy atom. The van der Waals surface area contributed by atoms with E-state index in [4.69, 9.17) is 0 Å². The van der Waals surface area contributed by atoms with Gasteiger partial charge in [0.15, 0.2) is 0 Å². The first-order chi connectivity index (χ1) is 25.5. The minimum atomic E-state index is 0.988. The Balaban J connectivity index is 2.17. The monoisotopic (exact) mass is 709 g/mol. The number of unbranched alkanes of at least 4 members (excludes halogenated alkanes) is 13. The lowest BCUT2D eigenvalue weighted by Crippen LogP contribution is -2.09. The fourth-order valence-electron chi connectivity index (χ4n) is 8.40. The van der Waals surface area contributed by atoms with Gasteiger partial charge >= 0.3 is 0 Å². The topological polar surface area (TPSA) is 25.3 Å². The zero-order chi connectivity index (χ0) is 37.6. The zero-order valence-corrected chi connectivity index (χ0v) is 35.4. The molecular weight excluding hydrogens is 629 g/mol.